The number of hydrogen-bond donors (Lipinski definition) is 1. The van der Waals surface area contributed by atoms with Gasteiger partial charge in [-0.3, -0.25) is 9.69 Å². The zero-order chi connectivity index (χ0) is 22.0. The van der Waals surface area contributed by atoms with Crippen LogP contribution < -0.4 is 5.32 Å². The normalized spacial score (nSPS) is 17.0. The quantitative estimate of drug-likeness (QED) is 0.454. The zero-order valence-electron chi connectivity index (χ0n) is 16.2. The number of nitrogens with one attached hydrogen (secondary N) is 1. The van der Waals surface area contributed by atoms with Crippen LogP contribution in [0.1, 0.15) is 18.7 Å². The van der Waals surface area contributed by atoms with Crippen molar-refractivity contribution in [2.75, 3.05) is 18.4 Å². The number of likely N-dealkylation sites (tertiary alicyclic amines) is 1. The first-order valence-electron chi connectivity index (χ1n) is 9.65. The van der Waals surface area contributed by atoms with E-state index in [-0.39, 0.29) is 17.5 Å². The highest BCUT2D eigenvalue weighted by Crippen LogP contribution is 2.29. The maximum Gasteiger partial charge on any atom is 0.241 e. The summed E-state index contributed by atoms with van der Waals surface area (Å²) < 4.78 is 20.0. The molecule has 0 bridgehead atoms. The van der Waals surface area contributed by atoms with Gasteiger partial charge >= 0.3 is 0 Å². The topological polar surface area (TPSA) is 71.3 Å². The zero-order valence-corrected chi connectivity index (χ0v) is 19.3. The number of halogens is 4. The molecule has 0 aliphatic carbocycles. The lowest BCUT2D eigenvalue weighted by Crippen LogP contribution is -2.40. The molecule has 1 aliphatic heterocycles. The van der Waals surface area contributed by atoms with E-state index >= 15 is 0 Å². The van der Waals surface area contributed by atoms with Gasteiger partial charge in [-0.1, -0.05) is 44.3 Å². The van der Waals surface area contributed by atoms with Gasteiger partial charge in [0, 0.05) is 21.6 Å². The molecule has 1 aliphatic rings. The van der Waals surface area contributed by atoms with Crippen molar-refractivity contribution in [3.63, 3.8) is 0 Å². The van der Waals surface area contributed by atoms with Gasteiger partial charge < -0.3 is 9.84 Å². The van der Waals surface area contributed by atoms with Crippen LogP contribution in [-0.2, 0) is 11.3 Å². The van der Waals surface area contributed by atoms with E-state index in [0.717, 1.165) is 19.4 Å². The smallest absolute Gasteiger partial charge is 0.241 e. The van der Waals surface area contributed by atoms with Crippen LogP contribution in [0.4, 0.5) is 10.1 Å². The number of anilines is 1. The summed E-state index contributed by atoms with van der Waals surface area (Å²) >= 11 is 15.4. The summed E-state index contributed by atoms with van der Waals surface area (Å²) in [6.45, 7) is 1.73. The van der Waals surface area contributed by atoms with Crippen LogP contribution >= 0.6 is 39.1 Å². The summed E-state index contributed by atoms with van der Waals surface area (Å²) in [4.78, 5) is 19.2. The number of nitrogens with zero attached hydrogens (tertiary/aromatic N) is 3. The van der Waals surface area contributed by atoms with Gasteiger partial charge in [0.15, 0.2) is 0 Å². The lowest BCUT2D eigenvalue weighted by Gasteiger charge is -2.30. The molecule has 162 valence electrons. The number of carbonyl (C=O) groups is 1. The molecular formula is C21H18BrCl2FN4O2. The van der Waals surface area contributed by atoms with Gasteiger partial charge in [-0.25, -0.2) is 4.39 Å². The molecule has 6 nitrogen and oxygen atoms in total. The molecule has 1 saturated heterocycles. The van der Waals surface area contributed by atoms with E-state index in [9.17, 15) is 9.18 Å². The SMILES string of the molecule is O=C(Nc1ccc(Br)cc1F)C1CCCN(Cc2nc(-c3ccc(Cl)cc3Cl)no2)C1. The molecule has 1 aromatic heterocycles. The molecular weight excluding hydrogens is 510 g/mol. The molecule has 1 amide bonds. The van der Waals surface area contributed by atoms with E-state index in [1.807, 2.05) is 0 Å². The van der Waals surface area contributed by atoms with Gasteiger partial charge in [-0.15, -0.1) is 0 Å². The number of benzene rings is 2. The molecule has 0 radical (unpaired) electrons. The number of amides is 1. The molecule has 10 heteroatoms. The third kappa shape index (κ3) is 5.44. The first-order valence-corrected chi connectivity index (χ1v) is 11.2. The van der Waals surface area contributed by atoms with Crippen molar-refractivity contribution in [2.24, 2.45) is 5.92 Å². The summed E-state index contributed by atoms with van der Waals surface area (Å²) in [7, 11) is 0. The summed E-state index contributed by atoms with van der Waals surface area (Å²) in [5, 5.41) is 7.66. The minimum Gasteiger partial charge on any atom is -0.338 e. The number of rotatable bonds is 5. The first-order chi connectivity index (χ1) is 14.9. The number of piperidine rings is 1. The van der Waals surface area contributed by atoms with Gasteiger partial charge in [-0.05, 0) is 55.8 Å². The van der Waals surface area contributed by atoms with Crippen LogP contribution in [0.15, 0.2) is 45.4 Å². The van der Waals surface area contributed by atoms with Crippen molar-refractivity contribution in [1.82, 2.24) is 15.0 Å². The molecule has 3 aromatic rings. The molecule has 0 saturated carbocycles. The van der Waals surface area contributed by atoms with Crippen molar-refractivity contribution in [3.05, 3.63) is 62.6 Å². The van der Waals surface area contributed by atoms with Crippen molar-refractivity contribution in [3.8, 4) is 11.4 Å². The molecule has 31 heavy (non-hydrogen) atoms. The molecule has 2 heterocycles. The molecule has 1 N–H and O–H groups in total. The lowest BCUT2D eigenvalue weighted by atomic mass is 9.97. The molecule has 2 aromatic carbocycles. The second kappa shape index (κ2) is 9.65. The molecule has 1 fully saturated rings. The van der Waals surface area contributed by atoms with E-state index < -0.39 is 5.82 Å². The fourth-order valence-corrected chi connectivity index (χ4v) is 4.36. The molecule has 1 atom stereocenters. The second-order valence-corrected chi connectivity index (χ2v) is 9.08. The largest absolute Gasteiger partial charge is 0.338 e. The van der Waals surface area contributed by atoms with Gasteiger partial charge in [0.1, 0.15) is 5.82 Å². The van der Waals surface area contributed by atoms with Gasteiger partial charge in [-0.2, -0.15) is 4.98 Å². The standard InChI is InChI=1S/C21H18BrCl2FN4O2/c22-13-3-6-18(17(25)8-13)26-21(30)12-2-1-7-29(10-12)11-19-27-20(28-31-19)15-5-4-14(23)9-16(15)24/h3-6,8-9,12H,1-2,7,10-11H2,(H,26,30). The lowest BCUT2D eigenvalue weighted by molar-refractivity contribution is -0.121. The summed E-state index contributed by atoms with van der Waals surface area (Å²) in [5.74, 6) is -0.126. The number of hydrogen-bond acceptors (Lipinski definition) is 5. The van der Waals surface area contributed by atoms with Gasteiger partial charge in [0.05, 0.1) is 23.2 Å². The fraction of sp³-hybridized carbons (Fsp3) is 0.286. The predicted molar refractivity (Wildman–Crippen MR) is 120 cm³/mol. The Kier molecular flexibility index (Phi) is 6.91. The molecule has 0 spiro atoms. The Balaban J connectivity index is 1.39. The average Bonchev–Trinajstić information content (AvgIpc) is 3.18. The highest BCUT2D eigenvalue weighted by atomic mass is 79.9. The highest BCUT2D eigenvalue weighted by Gasteiger charge is 2.27. The minimum absolute atomic E-state index is 0.173. The number of carbonyl (C=O) groups excluding carboxylic acids is 1. The van der Waals surface area contributed by atoms with E-state index in [1.54, 1.807) is 30.3 Å². The summed E-state index contributed by atoms with van der Waals surface area (Å²) in [6.07, 6.45) is 1.57. The third-order valence-corrected chi connectivity index (χ3v) is 6.11. The van der Waals surface area contributed by atoms with Crippen molar-refractivity contribution >= 4 is 50.7 Å². The predicted octanol–water partition coefficient (Wildman–Crippen LogP) is 5.80. The Bertz CT molecular complexity index is 1110. The van der Waals surface area contributed by atoms with E-state index in [4.69, 9.17) is 27.7 Å². The average molecular weight is 528 g/mol. The maximum absolute atomic E-state index is 14.0. The van der Waals surface area contributed by atoms with Crippen LogP contribution in [0.2, 0.25) is 10.0 Å². The van der Waals surface area contributed by atoms with E-state index in [0.29, 0.717) is 44.9 Å². The van der Waals surface area contributed by atoms with Gasteiger partial charge in [0.2, 0.25) is 17.6 Å². The van der Waals surface area contributed by atoms with Crippen molar-refractivity contribution in [2.45, 2.75) is 19.4 Å². The second-order valence-electron chi connectivity index (χ2n) is 7.32. The Labute approximate surface area is 196 Å². The van der Waals surface area contributed by atoms with Crippen LogP contribution in [0.5, 0.6) is 0 Å². The van der Waals surface area contributed by atoms with Crippen LogP contribution in [-0.4, -0.2) is 34.0 Å². The van der Waals surface area contributed by atoms with E-state index in [2.05, 4.69) is 36.3 Å². The maximum atomic E-state index is 14.0. The number of aromatic nitrogens is 2. The molecule has 1 unspecified atom stereocenters. The monoisotopic (exact) mass is 526 g/mol. The summed E-state index contributed by atoms with van der Waals surface area (Å²) in [6, 6.07) is 9.62. The Morgan fingerprint density at radius 1 is 1.29 bits per heavy atom. The Morgan fingerprint density at radius 3 is 2.90 bits per heavy atom. The Hall–Kier alpha value is -2.00. The third-order valence-electron chi connectivity index (χ3n) is 5.06. The summed E-state index contributed by atoms with van der Waals surface area (Å²) in [5.41, 5.74) is 0.806. The van der Waals surface area contributed by atoms with Crippen LogP contribution in [0, 0.1) is 11.7 Å². The first kappa shape index (κ1) is 22.2. The van der Waals surface area contributed by atoms with Crippen molar-refractivity contribution in [1.29, 1.82) is 0 Å². The van der Waals surface area contributed by atoms with E-state index in [1.165, 1.54) is 6.07 Å². The highest BCUT2D eigenvalue weighted by molar-refractivity contribution is 9.10. The molecule has 4 rings (SSSR count). The Morgan fingerprint density at radius 2 is 2.13 bits per heavy atom. The van der Waals surface area contributed by atoms with Crippen LogP contribution in [0.25, 0.3) is 11.4 Å². The van der Waals surface area contributed by atoms with Crippen molar-refractivity contribution < 1.29 is 13.7 Å². The minimum atomic E-state index is -0.477. The van der Waals surface area contributed by atoms with Crippen LogP contribution in [0.3, 0.4) is 0 Å². The van der Waals surface area contributed by atoms with Gasteiger partial charge in [0.25, 0.3) is 0 Å². The fourth-order valence-electron chi connectivity index (χ4n) is 3.53.